The molecule has 4 N–H and O–H groups in total. The van der Waals surface area contributed by atoms with Crippen molar-refractivity contribution >= 4 is 51.5 Å². The van der Waals surface area contributed by atoms with Crippen LogP contribution in [0, 0.1) is 5.82 Å². The minimum Gasteiger partial charge on any atom is -0.351 e. The number of imide groups is 1. The molecule has 10 nitrogen and oxygen atoms in total. The highest BCUT2D eigenvalue weighted by atomic mass is 79.9. The molecule has 5 rings (SSSR count). The second-order valence-electron chi connectivity index (χ2n) is 7.18. The van der Waals surface area contributed by atoms with E-state index in [0.29, 0.717) is 41.3 Å². The van der Waals surface area contributed by atoms with Crippen molar-refractivity contribution in [1.29, 1.82) is 0 Å². The fourth-order valence-corrected chi connectivity index (χ4v) is 3.46. The Labute approximate surface area is 183 Å². The number of nitrogens with one attached hydrogen (secondary N) is 4. The summed E-state index contributed by atoms with van der Waals surface area (Å²) in [4.78, 5) is 32.3. The first-order valence-corrected chi connectivity index (χ1v) is 10.3. The molecule has 1 aliphatic carbocycles. The molecule has 31 heavy (non-hydrogen) atoms. The number of amides is 3. The van der Waals surface area contributed by atoms with Gasteiger partial charge in [-0.1, -0.05) is 15.9 Å². The second-order valence-corrected chi connectivity index (χ2v) is 8.03. The van der Waals surface area contributed by atoms with Crippen LogP contribution in [0.25, 0.3) is 11.7 Å². The maximum atomic E-state index is 13.6. The predicted molar refractivity (Wildman–Crippen MR) is 114 cm³/mol. The van der Waals surface area contributed by atoms with E-state index in [9.17, 15) is 14.0 Å². The topological polar surface area (TPSA) is 125 Å². The van der Waals surface area contributed by atoms with Crippen LogP contribution >= 0.6 is 15.9 Å². The molecule has 12 heteroatoms. The summed E-state index contributed by atoms with van der Waals surface area (Å²) in [6.07, 6.45) is 5.12. The molecule has 1 aromatic carbocycles. The Kier molecular flexibility index (Phi) is 4.77. The van der Waals surface area contributed by atoms with Crippen LogP contribution in [0.15, 0.2) is 34.6 Å². The number of halogens is 2. The van der Waals surface area contributed by atoms with Crippen molar-refractivity contribution in [2.45, 2.75) is 25.4 Å². The SMILES string of the molecule is O=C1NC(=O)/C(=C/c2cnn3c(NC4CC4)nc(NCc4cc(F)ccc4Br)nc23)N1. The third kappa shape index (κ3) is 4.06. The van der Waals surface area contributed by atoms with Crippen LogP contribution in [0.3, 0.4) is 0 Å². The lowest BCUT2D eigenvalue weighted by atomic mass is 10.2. The first-order chi connectivity index (χ1) is 15.0. The van der Waals surface area contributed by atoms with Gasteiger partial charge in [-0.25, -0.2) is 9.18 Å². The Morgan fingerprint density at radius 3 is 2.84 bits per heavy atom. The van der Waals surface area contributed by atoms with Crippen molar-refractivity contribution in [3.63, 3.8) is 0 Å². The Morgan fingerprint density at radius 2 is 2.10 bits per heavy atom. The molecule has 3 heterocycles. The highest BCUT2D eigenvalue weighted by molar-refractivity contribution is 9.10. The molecule has 1 aliphatic heterocycles. The van der Waals surface area contributed by atoms with E-state index in [1.165, 1.54) is 18.2 Å². The van der Waals surface area contributed by atoms with Gasteiger partial charge in [0.15, 0.2) is 5.65 Å². The lowest BCUT2D eigenvalue weighted by Crippen LogP contribution is -2.22. The van der Waals surface area contributed by atoms with Crippen molar-refractivity contribution in [2.75, 3.05) is 10.6 Å². The van der Waals surface area contributed by atoms with Gasteiger partial charge in [-0.05, 0) is 42.7 Å². The van der Waals surface area contributed by atoms with Gasteiger partial charge in [-0.2, -0.15) is 19.6 Å². The van der Waals surface area contributed by atoms with Crippen molar-refractivity contribution in [3.8, 4) is 0 Å². The molecule has 2 aliphatic rings. The lowest BCUT2D eigenvalue weighted by Gasteiger charge is -2.11. The molecule has 2 fully saturated rings. The minimum atomic E-state index is -0.582. The predicted octanol–water partition coefficient (Wildman–Crippen LogP) is 2.39. The van der Waals surface area contributed by atoms with E-state index in [1.54, 1.807) is 16.8 Å². The van der Waals surface area contributed by atoms with Gasteiger partial charge >= 0.3 is 6.03 Å². The van der Waals surface area contributed by atoms with Crippen molar-refractivity contribution in [3.05, 3.63) is 51.5 Å². The highest BCUT2D eigenvalue weighted by Gasteiger charge is 2.26. The molecule has 0 spiro atoms. The van der Waals surface area contributed by atoms with E-state index in [0.717, 1.165) is 17.3 Å². The number of benzene rings is 1. The van der Waals surface area contributed by atoms with Gasteiger partial charge in [0.25, 0.3) is 5.91 Å². The zero-order valence-electron chi connectivity index (χ0n) is 15.9. The summed E-state index contributed by atoms with van der Waals surface area (Å²) in [6, 6.07) is 4.17. The van der Waals surface area contributed by atoms with Gasteiger partial charge in [0.2, 0.25) is 11.9 Å². The molecule has 0 unspecified atom stereocenters. The third-order valence-electron chi connectivity index (χ3n) is 4.77. The first-order valence-electron chi connectivity index (χ1n) is 9.50. The number of hydrogen-bond donors (Lipinski definition) is 4. The smallest absolute Gasteiger partial charge is 0.326 e. The number of anilines is 2. The average molecular weight is 487 g/mol. The summed E-state index contributed by atoms with van der Waals surface area (Å²) in [5.41, 5.74) is 1.79. The number of carbonyl (C=O) groups excluding carboxylic acids is 2. The van der Waals surface area contributed by atoms with Gasteiger partial charge in [-0.3, -0.25) is 10.1 Å². The summed E-state index contributed by atoms with van der Waals surface area (Å²) < 4.78 is 15.9. The summed E-state index contributed by atoms with van der Waals surface area (Å²) >= 11 is 3.41. The summed E-state index contributed by atoms with van der Waals surface area (Å²) in [5, 5.41) is 15.4. The number of fused-ring (bicyclic) bond motifs is 1. The van der Waals surface area contributed by atoms with E-state index in [4.69, 9.17) is 0 Å². The standard InChI is InChI=1S/C19H16BrFN8O2/c20-13-4-1-11(21)5-9(13)7-22-17-26-15-10(6-14-16(30)27-19(31)25-14)8-23-29(15)18(28-17)24-12-2-3-12/h1,4-6,8,12H,2-3,7H2,(H2,22,24,26,28)(H2,25,27,30,31)/b14-6-. The molecule has 3 amide bonds. The van der Waals surface area contributed by atoms with Crippen LogP contribution in [0.4, 0.5) is 21.1 Å². The van der Waals surface area contributed by atoms with Crippen molar-refractivity contribution < 1.29 is 14.0 Å². The van der Waals surface area contributed by atoms with Crippen LogP contribution in [0.1, 0.15) is 24.0 Å². The fourth-order valence-electron chi connectivity index (χ4n) is 3.07. The number of hydrogen-bond acceptors (Lipinski definition) is 7. The summed E-state index contributed by atoms with van der Waals surface area (Å²) in [6.45, 7) is 0.292. The average Bonchev–Trinajstić information content (AvgIpc) is 3.37. The highest BCUT2D eigenvalue weighted by Crippen LogP contribution is 2.26. The number of urea groups is 1. The lowest BCUT2D eigenvalue weighted by molar-refractivity contribution is -0.115. The van der Waals surface area contributed by atoms with Gasteiger partial charge in [0, 0.05) is 22.6 Å². The van der Waals surface area contributed by atoms with E-state index in [1.807, 2.05) is 0 Å². The Morgan fingerprint density at radius 1 is 1.26 bits per heavy atom. The summed E-state index contributed by atoms with van der Waals surface area (Å²) in [5.74, 6) is -0.0529. The molecule has 0 bridgehead atoms. The van der Waals surface area contributed by atoms with Gasteiger partial charge in [-0.15, -0.1) is 0 Å². The van der Waals surface area contributed by atoms with Crippen LogP contribution in [0.5, 0.6) is 0 Å². The first kappa shape index (κ1) is 19.4. The molecular formula is C19H16BrFN8O2. The van der Waals surface area contributed by atoms with Gasteiger partial charge in [0.05, 0.1) is 6.20 Å². The number of aromatic nitrogens is 4. The number of nitrogens with zero attached hydrogens (tertiary/aromatic N) is 4. The minimum absolute atomic E-state index is 0.105. The Hall–Kier alpha value is -3.54. The monoisotopic (exact) mass is 486 g/mol. The molecule has 1 saturated heterocycles. The van der Waals surface area contributed by atoms with Crippen LogP contribution < -0.4 is 21.3 Å². The van der Waals surface area contributed by atoms with E-state index >= 15 is 0 Å². The molecule has 1 saturated carbocycles. The van der Waals surface area contributed by atoms with Crippen LogP contribution in [-0.4, -0.2) is 37.6 Å². The zero-order valence-corrected chi connectivity index (χ0v) is 17.5. The van der Waals surface area contributed by atoms with E-state index in [2.05, 4.69) is 52.3 Å². The number of rotatable bonds is 6. The van der Waals surface area contributed by atoms with Crippen LogP contribution in [0.2, 0.25) is 0 Å². The normalized spacial score (nSPS) is 17.2. The fraction of sp³-hybridized carbons (Fsp3) is 0.211. The molecule has 3 aromatic rings. The van der Waals surface area contributed by atoms with Gasteiger partial charge < -0.3 is 16.0 Å². The van der Waals surface area contributed by atoms with Gasteiger partial charge in [0.1, 0.15) is 11.5 Å². The number of carbonyl (C=O) groups is 2. The largest absolute Gasteiger partial charge is 0.351 e. The maximum absolute atomic E-state index is 13.6. The Bertz CT molecular complexity index is 1250. The Balaban J connectivity index is 1.50. The molecule has 0 atom stereocenters. The molecule has 2 aromatic heterocycles. The quantitative estimate of drug-likeness (QED) is 0.311. The van der Waals surface area contributed by atoms with Crippen molar-refractivity contribution in [2.24, 2.45) is 0 Å². The van der Waals surface area contributed by atoms with Crippen LogP contribution in [-0.2, 0) is 11.3 Å². The van der Waals surface area contributed by atoms with E-state index < -0.39 is 11.9 Å². The second kappa shape index (κ2) is 7.61. The maximum Gasteiger partial charge on any atom is 0.326 e. The van der Waals surface area contributed by atoms with E-state index in [-0.39, 0.29) is 11.5 Å². The zero-order chi connectivity index (χ0) is 21.5. The van der Waals surface area contributed by atoms with Crippen molar-refractivity contribution in [1.82, 2.24) is 30.2 Å². The summed E-state index contributed by atoms with van der Waals surface area (Å²) in [7, 11) is 0. The molecule has 0 radical (unpaired) electrons. The third-order valence-corrected chi connectivity index (χ3v) is 5.54. The molecule has 158 valence electrons. The molecular weight excluding hydrogens is 471 g/mol.